The third kappa shape index (κ3) is 3.64. The van der Waals surface area contributed by atoms with Crippen LogP contribution in [-0.4, -0.2) is 54.9 Å². The molecule has 0 unspecified atom stereocenters. The van der Waals surface area contributed by atoms with Gasteiger partial charge in [0.25, 0.3) is 0 Å². The zero-order valence-corrected chi connectivity index (χ0v) is 17.8. The monoisotopic (exact) mass is 413 g/mol. The van der Waals surface area contributed by atoms with E-state index in [0.717, 1.165) is 34.8 Å². The Labute approximate surface area is 180 Å². The van der Waals surface area contributed by atoms with Crippen LogP contribution < -0.4 is 4.90 Å². The predicted octanol–water partition coefficient (Wildman–Crippen LogP) is 2.39. The Kier molecular flexibility index (Phi) is 4.88. The maximum absolute atomic E-state index is 5.59. The van der Waals surface area contributed by atoms with Gasteiger partial charge in [-0.1, -0.05) is 30.3 Å². The van der Waals surface area contributed by atoms with Crippen molar-refractivity contribution in [2.24, 2.45) is 14.1 Å². The fraction of sp³-hybridized carbons (Fsp3) is 0.304. The minimum atomic E-state index is 0.206. The van der Waals surface area contributed by atoms with Crippen LogP contribution in [0.4, 0.5) is 5.82 Å². The standard InChI is InChI=1S/C23H23N7O/c1-16-14-31-12-11-30(16)23-21-22(29(3)15-24-21)26-19(27-23)9-10-20-25-18(13-28(20)2)17-7-5-4-6-8-17/h4-8,13,15-16H,11-12,14H2,1-3H3/t16-/m0/s1. The van der Waals surface area contributed by atoms with Crippen LogP contribution >= 0.6 is 0 Å². The van der Waals surface area contributed by atoms with Gasteiger partial charge in [0.2, 0.25) is 5.82 Å². The molecule has 8 heteroatoms. The third-order valence-corrected chi connectivity index (χ3v) is 5.41. The van der Waals surface area contributed by atoms with E-state index in [4.69, 9.17) is 9.72 Å². The maximum Gasteiger partial charge on any atom is 0.209 e. The quantitative estimate of drug-likeness (QED) is 0.470. The molecule has 0 aliphatic carbocycles. The van der Waals surface area contributed by atoms with Gasteiger partial charge in [-0.2, -0.15) is 0 Å². The van der Waals surface area contributed by atoms with Crippen molar-refractivity contribution in [3.05, 3.63) is 54.5 Å². The fourth-order valence-corrected chi connectivity index (χ4v) is 3.73. The summed E-state index contributed by atoms with van der Waals surface area (Å²) in [7, 11) is 3.87. The lowest BCUT2D eigenvalue weighted by Crippen LogP contribution is -2.44. The van der Waals surface area contributed by atoms with E-state index in [9.17, 15) is 0 Å². The van der Waals surface area contributed by atoms with Gasteiger partial charge in [0, 0.05) is 32.4 Å². The topological polar surface area (TPSA) is 73.9 Å². The number of aryl methyl sites for hydroxylation is 2. The molecule has 5 rings (SSSR count). The van der Waals surface area contributed by atoms with Gasteiger partial charge in [0.15, 0.2) is 22.8 Å². The average Bonchev–Trinajstić information content (AvgIpc) is 3.35. The zero-order valence-electron chi connectivity index (χ0n) is 17.8. The summed E-state index contributed by atoms with van der Waals surface area (Å²) in [5.41, 5.74) is 3.49. The van der Waals surface area contributed by atoms with Crippen LogP contribution in [0.25, 0.3) is 22.4 Å². The van der Waals surface area contributed by atoms with Crippen molar-refractivity contribution in [1.82, 2.24) is 29.1 Å². The van der Waals surface area contributed by atoms with E-state index in [2.05, 4.69) is 38.6 Å². The normalized spacial score (nSPS) is 16.4. The van der Waals surface area contributed by atoms with Gasteiger partial charge in [0.1, 0.15) is 0 Å². The van der Waals surface area contributed by atoms with E-state index in [1.807, 2.05) is 59.8 Å². The lowest BCUT2D eigenvalue weighted by atomic mass is 10.2. The Morgan fingerprint density at radius 3 is 2.68 bits per heavy atom. The summed E-state index contributed by atoms with van der Waals surface area (Å²) >= 11 is 0. The van der Waals surface area contributed by atoms with Crippen LogP contribution in [0.3, 0.4) is 0 Å². The Morgan fingerprint density at radius 2 is 1.87 bits per heavy atom. The molecule has 0 saturated carbocycles. The molecule has 1 aromatic carbocycles. The Balaban J connectivity index is 1.55. The van der Waals surface area contributed by atoms with Crippen LogP contribution in [0.5, 0.6) is 0 Å². The number of anilines is 1. The van der Waals surface area contributed by atoms with Crippen molar-refractivity contribution in [2.45, 2.75) is 13.0 Å². The fourth-order valence-electron chi connectivity index (χ4n) is 3.73. The lowest BCUT2D eigenvalue weighted by molar-refractivity contribution is 0.0986. The molecule has 0 N–H and O–H groups in total. The van der Waals surface area contributed by atoms with Crippen molar-refractivity contribution in [2.75, 3.05) is 24.7 Å². The van der Waals surface area contributed by atoms with Crippen molar-refractivity contribution in [1.29, 1.82) is 0 Å². The highest BCUT2D eigenvalue weighted by Crippen LogP contribution is 2.25. The molecular weight excluding hydrogens is 390 g/mol. The molecule has 1 saturated heterocycles. The van der Waals surface area contributed by atoms with E-state index in [1.165, 1.54) is 0 Å². The number of morpholine rings is 1. The van der Waals surface area contributed by atoms with Gasteiger partial charge in [-0.05, 0) is 18.8 Å². The highest BCUT2D eigenvalue weighted by atomic mass is 16.5. The van der Waals surface area contributed by atoms with Crippen molar-refractivity contribution in [3.8, 4) is 23.1 Å². The van der Waals surface area contributed by atoms with E-state index in [0.29, 0.717) is 24.9 Å². The second-order valence-electron chi connectivity index (χ2n) is 7.69. The highest BCUT2D eigenvalue weighted by Gasteiger charge is 2.24. The first-order valence-electron chi connectivity index (χ1n) is 10.2. The minimum absolute atomic E-state index is 0.206. The van der Waals surface area contributed by atoms with Gasteiger partial charge in [-0.25, -0.2) is 19.9 Å². The summed E-state index contributed by atoms with van der Waals surface area (Å²) in [4.78, 5) is 20.8. The Bertz CT molecular complexity index is 1300. The number of imidazole rings is 2. The number of nitrogens with zero attached hydrogens (tertiary/aromatic N) is 7. The van der Waals surface area contributed by atoms with E-state index >= 15 is 0 Å². The molecule has 1 atom stereocenters. The first-order valence-corrected chi connectivity index (χ1v) is 10.2. The van der Waals surface area contributed by atoms with Crippen molar-refractivity contribution < 1.29 is 4.74 Å². The predicted molar refractivity (Wildman–Crippen MR) is 119 cm³/mol. The second kappa shape index (κ2) is 7.85. The van der Waals surface area contributed by atoms with Crippen molar-refractivity contribution >= 4 is 17.0 Å². The van der Waals surface area contributed by atoms with Gasteiger partial charge < -0.3 is 18.8 Å². The van der Waals surface area contributed by atoms with Crippen LogP contribution in [0.1, 0.15) is 18.6 Å². The summed E-state index contributed by atoms with van der Waals surface area (Å²) in [5.74, 6) is 8.17. The van der Waals surface area contributed by atoms with E-state index in [-0.39, 0.29) is 6.04 Å². The first-order chi connectivity index (χ1) is 15.1. The van der Waals surface area contributed by atoms with E-state index in [1.54, 1.807) is 6.33 Å². The molecule has 0 bridgehead atoms. The van der Waals surface area contributed by atoms with Crippen LogP contribution in [0, 0.1) is 11.8 Å². The zero-order chi connectivity index (χ0) is 21.4. The molecule has 1 aliphatic rings. The summed E-state index contributed by atoms with van der Waals surface area (Å²) in [5, 5.41) is 0. The number of ether oxygens (including phenoxy) is 1. The molecular formula is C23H23N7O. The first kappa shape index (κ1) is 19.3. The summed E-state index contributed by atoms with van der Waals surface area (Å²) in [6.45, 7) is 4.21. The maximum atomic E-state index is 5.59. The Morgan fingerprint density at radius 1 is 1.03 bits per heavy atom. The number of rotatable bonds is 2. The van der Waals surface area contributed by atoms with Crippen molar-refractivity contribution in [3.63, 3.8) is 0 Å². The third-order valence-electron chi connectivity index (χ3n) is 5.41. The molecule has 4 heterocycles. The molecule has 3 aromatic heterocycles. The molecule has 0 radical (unpaired) electrons. The van der Waals surface area contributed by atoms with Crippen LogP contribution in [-0.2, 0) is 18.8 Å². The smallest absolute Gasteiger partial charge is 0.209 e. The van der Waals surface area contributed by atoms with Crippen LogP contribution in [0.15, 0.2) is 42.9 Å². The highest BCUT2D eigenvalue weighted by molar-refractivity contribution is 5.84. The minimum Gasteiger partial charge on any atom is -0.377 e. The SMILES string of the molecule is C[C@H]1COCCN1c1nc(C#Cc2nc(-c3ccccc3)cn2C)nc2c1ncn2C. The molecule has 8 nitrogen and oxygen atoms in total. The Hall–Kier alpha value is -3.70. The number of aromatic nitrogens is 6. The number of benzene rings is 1. The number of hydrogen-bond acceptors (Lipinski definition) is 6. The molecule has 0 amide bonds. The average molecular weight is 413 g/mol. The summed E-state index contributed by atoms with van der Waals surface area (Å²) in [6, 6.07) is 10.3. The molecule has 0 spiro atoms. The van der Waals surface area contributed by atoms with E-state index < -0.39 is 0 Å². The number of hydrogen-bond donors (Lipinski definition) is 0. The summed E-state index contributed by atoms with van der Waals surface area (Å²) < 4.78 is 9.40. The van der Waals surface area contributed by atoms with Gasteiger partial charge >= 0.3 is 0 Å². The molecule has 1 fully saturated rings. The lowest BCUT2D eigenvalue weighted by Gasteiger charge is -2.34. The van der Waals surface area contributed by atoms with Gasteiger partial charge in [-0.15, -0.1) is 0 Å². The van der Waals surface area contributed by atoms with Crippen LogP contribution in [0.2, 0.25) is 0 Å². The number of fused-ring (bicyclic) bond motifs is 1. The van der Waals surface area contributed by atoms with Gasteiger partial charge in [0.05, 0.1) is 31.3 Å². The summed E-state index contributed by atoms with van der Waals surface area (Å²) in [6.07, 6.45) is 3.74. The molecule has 31 heavy (non-hydrogen) atoms. The second-order valence-corrected chi connectivity index (χ2v) is 7.69. The van der Waals surface area contributed by atoms with Gasteiger partial charge in [-0.3, -0.25) is 0 Å². The molecule has 4 aromatic rings. The largest absolute Gasteiger partial charge is 0.377 e. The molecule has 156 valence electrons. The molecule has 1 aliphatic heterocycles.